The lowest BCUT2D eigenvalue weighted by molar-refractivity contribution is -0.137. The second-order valence-electron chi connectivity index (χ2n) is 12.9. The fourth-order valence-electron chi connectivity index (χ4n) is 6.24. The number of carbonyl (C=O) groups excluding carboxylic acids is 2. The average molecular weight is 615 g/mol. The van der Waals surface area contributed by atoms with E-state index < -0.39 is 23.3 Å². The predicted molar refractivity (Wildman–Crippen MR) is 158 cm³/mol. The molecular formula is C31H37F3N6O4. The van der Waals surface area contributed by atoms with Gasteiger partial charge in [-0.2, -0.15) is 17.9 Å². The van der Waals surface area contributed by atoms with Gasteiger partial charge in [-0.1, -0.05) is 6.07 Å². The Labute approximate surface area is 253 Å². The summed E-state index contributed by atoms with van der Waals surface area (Å²) < 4.78 is 52.3. The minimum atomic E-state index is -4.57. The van der Waals surface area contributed by atoms with Crippen molar-refractivity contribution in [2.45, 2.75) is 76.2 Å². The molecule has 44 heavy (non-hydrogen) atoms. The summed E-state index contributed by atoms with van der Waals surface area (Å²) in [4.78, 5) is 28.0. The van der Waals surface area contributed by atoms with Gasteiger partial charge in [0, 0.05) is 30.1 Å². The number of alkyl halides is 3. The van der Waals surface area contributed by atoms with Crippen LogP contribution in [0.15, 0.2) is 36.4 Å². The standard InChI is InChI=1S/C31H37F3N6O4/c1-30(2,3)37-29(42)40-24-10-7-20(31(32,33)34)13-23(24)28(38-40)35-14-27(41)36-21-15-39(16-21)22-8-4-18(5-9-22)19-6-11-25-26(12-19)44-17-43-25/h6-7,10-13,18,21-22H,4-5,8-9,14-17H2,1-3H3,(H,35,38)(H,36,41)(H,37,42). The van der Waals surface area contributed by atoms with Crippen molar-refractivity contribution in [1.82, 2.24) is 25.3 Å². The highest BCUT2D eigenvalue weighted by Crippen LogP contribution is 2.40. The van der Waals surface area contributed by atoms with E-state index in [0.717, 1.165) is 67.1 Å². The second kappa shape index (κ2) is 11.5. The summed E-state index contributed by atoms with van der Waals surface area (Å²) in [5.74, 6) is 1.84. The topological polar surface area (TPSA) is 110 Å². The molecule has 1 aliphatic carbocycles. The van der Waals surface area contributed by atoms with Crippen LogP contribution in [0, 0.1) is 0 Å². The third-order valence-electron chi connectivity index (χ3n) is 8.45. The van der Waals surface area contributed by atoms with Gasteiger partial charge in [0.15, 0.2) is 17.3 Å². The van der Waals surface area contributed by atoms with E-state index in [9.17, 15) is 22.8 Å². The molecular weight excluding hydrogens is 577 g/mol. The van der Waals surface area contributed by atoms with Crippen molar-refractivity contribution in [3.63, 3.8) is 0 Å². The molecule has 2 fully saturated rings. The summed E-state index contributed by atoms with van der Waals surface area (Å²) in [6.45, 7) is 6.95. The van der Waals surface area contributed by atoms with Gasteiger partial charge in [-0.05, 0) is 88.3 Å². The van der Waals surface area contributed by atoms with E-state index >= 15 is 0 Å². The first-order valence-corrected chi connectivity index (χ1v) is 14.9. The van der Waals surface area contributed by atoms with Crippen LogP contribution in [0.4, 0.5) is 23.8 Å². The average Bonchev–Trinajstić information content (AvgIpc) is 3.56. The zero-order valence-corrected chi connectivity index (χ0v) is 25.0. The molecule has 3 aliphatic rings. The molecule has 6 rings (SSSR count). The van der Waals surface area contributed by atoms with Gasteiger partial charge in [0.2, 0.25) is 12.7 Å². The third kappa shape index (κ3) is 6.42. The van der Waals surface area contributed by atoms with Crippen LogP contribution in [-0.2, 0) is 11.0 Å². The van der Waals surface area contributed by atoms with Crippen LogP contribution < -0.4 is 25.4 Å². The SMILES string of the molecule is CC(C)(C)NC(=O)n1nc(NCC(=O)NC2CN(C3CCC(c4ccc5c(c4)OCO5)CC3)C2)c2cc(C(F)(F)F)ccc21. The van der Waals surface area contributed by atoms with Gasteiger partial charge in [0.05, 0.1) is 23.7 Å². The summed E-state index contributed by atoms with van der Waals surface area (Å²) in [5, 5.41) is 12.9. The molecule has 236 valence electrons. The maximum atomic E-state index is 13.4. The molecule has 0 unspecified atom stereocenters. The normalized spacial score (nSPS) is 20.8. The van der Waals surface area contributed by atoms with Gasteiger partial charge >= 0.3 is 12.2 Å². The summed E-state index contributed by atoms with van der Waals surface area (Å²) >= 11 is 0. The van der Waals surface area contributed by atoms with Gasteiger partial charge in [-0.3, -0.25) is 9.69 Å². The van der Waals surface area contributed by atoms with Crippen molar-refractivity contribution in [2.24, 2.45) is 0 Å². The minimum Gasteiger partial charge on any atom is -0.454 e. The van der Waals surface area contributed by atoms with Gasteiger partial charge in [-0.25, -0.2) is 4.79 Å². The van der Waals surface area contributed by atoms with E-state index in [4.69, 9.17) is 9.47 Å². The lowest BCUT2D eigenvalue weighted by Crippen LogP contribution is -2.63. The van der Waals surface area contributed by atoms with Crippen molar-refractivity contribution in [2.75, 3.05) is 31.7 Å². The highest BCUT2D eigenvalue weighted by Gasteiger charge is 2.36. The number of anilines is 1. The fourth-order valence-corrected chi connectivity index (χ4v) is 6.24. The molecule has 0 radical (unpaired) electrons. The Morgan fingerprint density at radius 1 is 0.977 bits per heavy atom. The largest absolute Gasteiger partial charge is 0.454 e. The number of halogens is 3. The Hall–Kier alpha value is -4.00. The monoisotopic (exact) mass is 614 g/mol. The lowest BCUT2D eigenvalue weighted by Gasteiger charge is -2.46. The Morgan fingerprint density at radius 2 is 1.70 bits per heavy atom. The van der Waals surface area contributed by atoms with E-state index in [1.54, 1.807) is 20.8 Å². The van der Waals surface area contributed by atoms with E-state index in [1.165, 1.54) is 11.6 Å². The number of nitrogens with zero attached hydrogens (tertiary/aromatic N) is 3. The summed E-state index contributed by atoms with van der Waals surface area (Å²) in [6.07, 6.45) is -0.224. The van der Waals surface area contributed by atoms with Crippen LogP contribution in [0.25, 0.3) is 10.9 Å². The van der Waals surface area contributed by atoms with Crippen molar-refractivity contribution in [3.8, 4) is 11.5 Å². The molecule has 0 atom stereocenters. The Bertz CT molecular complexity index is 1550. The molecule has 1 saturated heterocycles. The number of likely N-dealkylation sites (tertiary alicyclic amines) is 1. The summed E-state index contributed by atoms with van der Waals surface area (Å²) in [5.41, 5.74) is 0.0343. The Kier molecular flexibility index (Phi) is 7.85. The fraction of sp³-hybridized carbons (Fsp3) is 0.516. The van der Waals surface area contributed by atoms with Crippen LogP contribution in [0.2, 0.25) is 0 Å². The molecule has 0 bridgehead atoms. The Morgan fingerprint density at radius 3 is 2.41 bits per heavy atom. The maximum Gasteiger partial charge on any atom is 0.416 e. The predicted octanol–water partition coefficient (Wildman–Crippen LogP) is 5.08. The summed E-state index contributed by atoms with van der Waals surface area (Å²) in [6, 6.07) is 9.17. The number of aromatic nitrogens is 2. The van der Waals surface area contributed by atoms with Gasteiger partial charge < -0.3 is 25.4 Å². The molecule has 2 aromatic carbocycles. The number of fused-ring (bicyclic) bond motifs is 2. The molecule has 0 spiro atoms. The number of ether oxygens (including phenoxy) is 2. The van der Waals surface area contributed by atoms with Crippen molar-refractivity contribution in [3.05, 3.63) is 47.5 Å². The molecule has 1 aromatic heterocycles. The number of nitrogens with one attached hydrogen (secondary N) is 3. The second-order valence-corrected chi connectivity index (χ2v) is 12.9. The van der Waals surface area contributed by atoms with Crippen LogP contribution in [0.5, 0.6) is 11.5 Å². The number of amides is 2. The number of hydrogen-bond acceptors (Lipinski definition) is 7. The number of hydrogen-bond donors (Lipinski definition) is 3. The summed E-state index contributed by atoms with van der Waals surface area (Å²) in [7, 11) is 0. The first-order chi connectivity index (χ1) is 20.8. The zero-order valence-electron chi connectivity index (χ0n) is 25.0. The smallest absolute Gasteiger partial charge is 0.416 e. The molecule has 1 saturated carbocycles. The zero-order chi connectivity index (χ0) is 31.2. The van der Waals surface area contributed by atoms with Crippen LogP contribution >= 0.6 is 0 Å². The molecule has 3 aromatic rings. The van der Waals surface area contributed by atoms with Gasteiger partial charge in [0.1, 0.15) is 0 Å². The van der Waals surface area contributed by atoms with Crippen LogP contribution in [0.3, 0.4) is 0 Å². The maximum absolute atomic E-state index is 13.4. The van der Waals surface area contributed by atoms with Crippen molar-refractivity contribution < 1.29 is 32.2 Å². The molecule has 3 heterocycles. The Balaban J connectivity index is 1.01. The highest BCUT2D eigenvalue weighted by molar-refractivity contribution is 5.98. The molecule has 2 amide bonds. The minimum absolute atomic E-state index is 0.000389. The first kappa shape index (κ1) is 30.0. The molecule has 2 aliphatic heterocycles. The van der Waals surface area contributed by atoms with Gasteiger partial charge in [-0.15, -0.1) is 5.10 Å². The third-order valence-corrected chi connectivity index (χ3v) is 8.45. The van der Waals surface area contributed by atoms with E-state index in [0.29, 0.717) is 12.0 Å². The lowest BCUT2D eigenvalue weighted by atomic mass is 9.80. The van der Waals surface area contributed by atoms with E-state index in [2.05, 4.69) is 38.1 Å². The number of carbonyl (C=O) groups is 2. The van der Waals surface area contributed by atoms with E-state index in [-0.39, 0.29) is 42.0 Å². The molecule has 10 nitrogen and oxygen atoms in total. The first-order valence-electron chi connectivity index (χ1n) is 14.9. The number of benzene rings is 2. The molecule has 3 N–H and O–H groups in total. The quantitative estimate of drug-likeness (QED) is 0.355. The van der Waals surface area contributed by atoms with Crippen LogP contribution in [-0.4, -0.2) is 70.7 Å². The molecule has 13 heteroatoms. The van der Waals surface area contributed by atoms with Crippen molar-refractivity contribution in [1.29, 1.82) is 0 Å². The highest BCUT2D eigenvalue weighted by atomic mass is 19.4. The van der Waals surface area contributed by atoms with Crippen LogP contribution in [0.1, 0.15) is 63.5 Å². The van der Waals surface area contributed by atoms with Gasteiger partial charge in [0.25, 0.3) is 0 Å². The number of rotatable bonds is 6. The van der Waals surface area contributed by atoms with Crippen molar-refractivity contribution >= 4 is 28.7 Å². The van der Waals surface area contributed by atoms with E-state index in [1.807, 2.05) is 6.07 Å².